The van der Waals surface area contributed by atoms with Crippen LogP contribution >= 0.6 is 0 Å². The Morgan fingerprint density at radius 1 is 1.00 bits per heavy atom. The van der Waals surface area contributed by atoms with Gasteiger partial charge in [0.2, 0.25) is 0 Å². The quantitative estimate of drug-likeness (QED) is 0.561. The van der Waals surface area contributed by atoms with Crippen molar-refractivity contribution in [2.75, 3.05) is 39.5 Å². The molecule has 0 radical (unpaired) electrons. The summed E-state index contributed by atoms with van der Waals surface area (Å²) < 4.78 is 11.4. The molecule has 0 atom stereocenters. The molecule has 3 rings (SSSR count). The standard InChI is InChI=1S/C10H18N2O2/c1-3-13-4-2-9(1)5-12-10(14-8-9)6-11-7-10/h11-12H,1-8H2. The van der Waals surface area contributed by atoms with Crippen LogP contribution in [-0.4, -0.2) is 45.2 Å². The molecular formula is C10H18N2O2. The van der Waals surface area contributed by atoms with Crippen LogP contribution < -0.4 is 10.6 Å². The average Bonchev–Trinajstić information content (AvgIpc) is 2.18. The molecule has 3 fully saturated rings. The van der Waals surface area contributed by atoms with Crippen LogP contribution in [0.1, 0.15) is 12.8 Å². The minimum atomic E-state index is -0.0243. The second-order valence-corrected chi connectivity index (χ2v) is 4.85. The lowest BCUT2D eigenvalue weighted by Gasteiger charge is -2.52. The second kappa shape index (κ2) is 3.17. The average molecular weight is 198 g/mol. The van der Waals surface area contributed by atoms with Gasteiger partial charge in [0.1, 0.15) is 5.72 Å². The van der Waals surface area contributed by atoms with Crippen LogP contribution in [0.2, 0.25) is 0 Å². The van der Waals surface area contributed by atoms with Crippen LogP contribution in [0.25, 0.3) is 0 Å². The molecule has 4 nitrogen and oxygen atoms in total. The lowest BCUT2D eigenvalue weighted by Crippen LogP contribution is -2.74. The summed E-state index contributed by atoms with van der Waals surface area (Å²) in [5, 5.41) is 6.80. The van der Waals surface area contributed by atoms with E-state index in [2.05, 4.69) is 10.6 Å². The fourth-order valence-corrected chi connectivity index (χ4v) is 2.45. The first-order chi connectivity index (χ1) is 6.83. The number of rotatable bonds is 0. The van der Waals surface area contributed by atoms with Crippen LogP contribution in [0, 0.1) is 5.41 Å². The molecule has 2 spiro atoms. The first kappa shape index (κ1) is 9.09. The van der Waals surface area contributed by atoms with Gasteiger partial charge in [-0.3, -0.25) is 5.32 Å². The predicted molar refractivity (Wildman–Crippen MR) is 52.0 cm³/mol. The van der Waals surface area contributed by atoms with E-state index >= 15 is 0 Å². The summed E-state index contributed by atoms with van der Waals surface area (Å²) in [5.41, 5.74) is 0.336. The van der Waals surface area contributed by atoms with Gasteiger partial charge in [-0.25, -0.2) is 0 Å². The third kappa shape index (κ3) is 1.37. The van der Waals surface area contributed by atoms with E-state index in [9.17, 15) is 0 Å². The van der Waals surface area contributed by atoms with Gasteiger partial charge in [0.15, 0.2) is 0 Å². The third-order valence-electron chi connectivity index (χ3n) is 3.81. The molecule has 0 aliphatic carbocycles. The zero-order chi connectivity index (χ0) is 9.49. The molecule has 3 aliphatic heterocycles. The van der Waals surface area contributed by atoms with Crippen LogP contribution in [0.5, 0.6) is 0 Å². The molecule has 3 saturated heterocycles. The number of nitrogens with one attached hydrogen (secondary N) is 2. The molecule has 14 heavy (non-hydrogen) atoms. The Morgan fingerprint density at radius 3 is 2.29 bits per heavy atom. The molecule has 80 valence electrons. The van der Waals surface area contributed by atoms with E-state index < -0.39 is 0 Å². The Hall–Kier alpha value is -0.160. The maximum atomic E-state index is 5.97. The maximum absolute atomic E-state index is 5.97. The summed E-state index contributed by atoms with van der Waals surface area (Å²) in [6, 6.07) is 0. The van der Waals surface area contributed by atoms with Crippen molar-refractivity contribution in [3.05, 3.63) is 0 Å². The van der Waals surface area contributed by atoms with Crippen molar-refractivity contribution < 1.29 is 9.47 Å². The van der Waals surface area contributed by atoms with Crippen molar-refractivity contribution >= 4 is 0 Å². The van der Waals surface area contributed by atoms with Crippen molar-refractivity contribution in [3.63, 3.8) is 0 Å². The van der Waals surface area contributed by atoms with Gasteiger partial charge in [0, 0.05) is 38.3 Å². The van der Waals surface area contributed by atoms with Crippen molar-refractivity contribution in [3.8, 4) is 0 Å². The minimum absolute atomic E-state index is 0.0243. The highest BCUT2D eigenvalue weighted by Crippen LogP contribution is 2.35. The lowest BCUT2D eigenvalue weighted by molar-refractivity contribution is -0.184. The molecule has 0 saturated carbocycles. The molecule has 0 aromatic rings. The topological polar surface area (TPSA) is 42.5 Å². The van der Waals surface area contributed by atoms with E-state index in [1.54, 1.807) is 0 Å². The highest BCUT2D eigenvalue weighted by molar-refractivity contribution is 4.99. The third-order valence-corrected chi connectivity index (χ3v) is 3.81. The summed E-state index contributed by atoms with van der Waals surface area (Å²) in [7, 11) is 0. The Labute approximate surface area is 84.3 Å². The Bertz CT molecular complexity index is 210. The molecule has 2 N–H and O–H groups in total. The summed E-state index contributed by atoms with van der Waals surface area (Å²) in [6.45, 7) is 5.72. The van der Waals surface area contributed by atoms with Gasteiger partial charge in [-0.15, -0.1) is 0 Å². The van der Waals surface area contributed by atoms with Gasteiger partial charge in [-0.1, -0.05) is 0 Å². The second-order valence-electron chi connectivity index (χ2n) is 4.85. The SMILES string of the molecule is C1CC2(CCO1)CNC1(CNC1)OC2. The first-order valence-electron chi connectivity index (χ1n) is 5.50. The van der Waals surface area contributed by atoms with Crippen molar-refractivity contribution in [2.24, 2.45) is 5.41 Å². The maximum Gasteiger partial charge on any atom is 0.144 e. The monoisotopic (exact) mass is 198 g/mol. The van der Waals surface area contributed by atoms with E-state index in [-0.39, 0.29) is 5.72 Å². The van der Waals surface area contributed by atoms with Crippen molar-refractivity contribution in [1.29, 1.82) is 0 Å². The molecule has 4 heteroatoms. The van der Waals surface area contributed by atoms with Crippen LogP contribution in [0.3, 0.4) is 0 Å². The Kier molecular flexibility index (Phi) is 2.06. The molecule has 0 unspecified atom stereocenters. The van der Waals surface area contributed by atoms with E-state index in [0.717, 1.165) is 52.3 Å². The van der Waals surface area contributed by atoms with Crippen LogP contribution in [0.4, 0.5) is 0 Å². The Balaban J connectivity index is 1.63. The van der Waals surface area contributed by atoms with E-state index in [4.69, 9.17) is 9.47 Å². The summed E-state index contributed by atoms with van der Waals surface area (Å²) in [6.07, 6.45) is 2.28. The summed E-state index contributed by atoms with van der Waals surface area (Å²) >= 11 is 0. The van der Waals surface area contributed by atoms with E-state index in [1.165, 1.54) is 0 Å². The fourth-order valence-electron chi connectivity index (χ4n) is 2.45. The van der Waals surface area contributed by atoms with E-state index in [1.807, 2.05) is 0 Å². The fraction of sp³-hybridized carbons (Fsp3) is 1.00. The minimum Gasteiger partial charge on any atom is -0.381 e. The van der Waals surface area contributed by atoms with Gasteiger partial charge in [-0.2, -0.15) is 0 Å². The van der Waals surface area contributed by atoms with Crippen LogP contribution in [-0.2, 0) is 9.47 Å². The van der Waals surface area contributed by atoms with E-state index in [0.29, 0.717) is 5.41 Å². The molecular weight excluding hydrogens is 180 g/mol. The lowest BCUT2D eigenvalue weighted by atomic mass is 9.79. The molecule has 0 amide bonds. The number of ether oxygens (including phenoxy) is 2. The zero-order valence-corrected chi connectivity index (χ0v) is 8.47. The first-order valence-corrected chi connectivity index (χ1v) is 5.50. The number of hydrogen-bond donors (Lipinski definition) is 2. The predicted octanol–water partition coefficient (Wildman–Crippen LogP) is -0.297. The molecule has 0 aromatic heterocycles. The van der Waals surface area contributed by atoms with Gasteiger partial charge >= 0.3 is 0 Å². The van der Waals surface area contributed by atoms with Gasteiger partial charge in [0.05, 0.1) is 6.61 Å². The normalized spacial score (nSPS) is 34.3. The highest BCUT2D eigenvalue weighted by Gasteiger charge is 2.47. The largest absolute Gasteiger partial charge is 0.381 e. The molecule has 0 bridgehead atoms. The zero-order valence-electron chi connectivity index (χ0n) is 8.47. The van der Waals surface area contributed by atoms with Crippen LogP contribution in [0.15, 0.2) is 0 Å². The van der Waals surface area contributed by atoms with Crippen molar-refractivity contribution in [1.82, 2.24) is 10.6 Å². The Morgan fingerprint density at radius 2 is 1.79 bits per heavy atom. The smallest absolute Gasteiger partial charge is 0.144 e. The number of hydrogen-bond acceptors (Lipinski definition) is 4. The van der Waals surface area contributed by atoms with Gasteiger partial charge in [0.25, 0.3) is 0 Å². The summed E-state index contributed by atoms with van der Waals surface area (Å²) in [4.78, 5) is 0. The molecule has 3 aliphatic rings. The molecule has 3 heterocycles. The highest BCUT2D eigenvalue weighted by atomic mass is 16.5. The van der Waals surface area contributed by atoms with Gasteiger partial charge < -0.3 is 14.8 Å². The molecule has 0 aromatic carbocycles. The van der Waals surface area contributed by atoms with Crippen molar-refractivity contribution in [2.45, 2.75) is 18.6 Å². The summed E-state index contributed by atoms with van der Waals surface area (Å²) in [5.74, 6) is 0. The van der Waals surface area contributed by atoms with Gasteiger partial charge in [-0.05, 0) is 12.8 Å².